The third kappa shape index (κ3) is 0.685. The molecule has 2 heteroatoms. The van der Waals surface area contributed by atoms with E-state index in [2.05, 4.69) is 11.4 Å². The first kappa shape index (κ1) is 5.71. The zero-order valence-corrected chi connectivity index (χ0v) is 5.63. The predicted octanol–water partition coefficient (Wildman–Crippen LogP) is 0.619. The lowest BCUT2D eigenvalue weighted by Gasteiger charge is -2.05. The van der Waals surface area contributed by atoms with Crippen molar-refractivity contribution in [3.8, 4) is 0 Å². The third-order valence-electron chi connectivity index (χ3n) is 1.99. The van der Waals surface area contributed by atoms with Crippen molar-refractivity contribution in [1.29, 1.82) is 0 Å². The number of rotatable bonds is 0. The second-order valence-electron chi connectivity index (χ2n) is 2.64. The molecule has 1 aliphatic carbocycles. The summed E-state index contributed by atoms with van der Waals surface area (Å²) in [5.74, 6) is 0.218. The molecule has 2 rings (SSSR count). The minimum atomic E-state index is 0.0637. The van der Waals surface area contributed by atoms with E-state index in [0.717, 1.165) is 13.0 Å². The molecule has 0 bridgehead atoms. The van der Waals surface area contributed by atoms with Gasteiger partial charge in [-0.05, 0) is 12.0 Å². The number of carbonyl (C=O) groups excluding carboxylic acids is 1. The van der Waals surface area contributed by atoms with Crippen LogP contribution in [0, 0.1) is 5.92 Å². The van der Waals surface area contributed by atoms with E-state index in [-0.39, 0.29) is 11.8 Å². The van der Waals surface area contributed by atoms with Crippen molar-refractivity contribution in [1.82, 2.24) is 5.32 Å². The van der Waals surface area contributed by atoms with Gasteiger partial charge in [0.1, 0.15) is 0 Å². The van der Waals surface area contributed by atoms with Crippen LogP contribution < -0.4 is 5.32 Å². The van der Waals surface area contributed by atoms with E-state index in [0.29, 0.717) is 0 Å². The zero-order chi connectivity index (χ0) is 6.97. The first-order chi connectivity index (χ1) is 4.88. The summed E-state index contributed by atoms with van der Waals surface area (Å²) in [5.41, 5.74) is 1.24. The molecule has 1 amide bonds. The number of carbonyl (C=O) groups is 1. The van der Waals surface area contributed by atoms with Crippen LogP contribution in [-0.4, -0.2) is 12.5 Å². The summed E-state index contributed by atoms with van der Waals surface area (Å²) in [5, 5.41) is 2.80. The van der Waals surface area contributed by atoms with Gasteiger partial charge in [-0.2, -0.15) is 0 Å². The smallest absolute Gasteiger partial charge is 0.231 e. The average molecular weight is 135 g/mol. The van der Waals surface area contributed by atoms with Crippen LogP contribution in [0.5, 0.6) is 0 Å². The normalized spacial score (nSPS) is 29.4. The van der Waals surface area contributed by atoms with Gasteiger partial charge in [-0.15, -0.1) is 0 Å². The molecule has 1 atom stereocenters. The van der Waals surface area contributed by atoms with Crippen LogP contribution in [0.2, 0.25) is 0 Å². The second-order valence-corrected chi connectivity index (χ2v) is 2.64. The van der Waals surface area contributed by atoms with Crippen molar-refractivity contribution >= 4 is 5.91 Å². The van der Waals surface area contributed by atoms with Gasteiger partial charge >= 0.3 is 0 Å². The highest BCUT2D eigenvalue weighted by atomic mass is 16.2. The summed E-state index contributed by atoms with van der Waals surface area (Å²) >= 11 is 0. The summed E-state index contributed by atoms with van der Waals surface area (Å²) in [6.45, 7) is 0.758. The van der Waals surface area contributed by atoms with Crippen LogP contribution in [0.3, 0.4) is 0 Å². The van der Waals surface area contributed by atoms with Gasteiger partial charge in [-0.3, -0.25) is 4.79 Å². The number of fused-ring (bicyclic) bond motifs is 1. The minimum absolute atomic E-state index is 0.0637. The van der Waals surface area contributed by atoms with Crippen LogP contribution in [0.15, 0.2) is 23.8 Å². The highest BCUT2D eigenvalue weighted by Crippen LogP contribution is 2.22. The van der Waals surface area contributed by atoms with Gasteiger partial charge < -0.3 is 5.32 Å². The van der Waals surface area contributed by atoms with E-state index in [1.54, 1.807) is 0 Å². The monoisotopic (exact) mass is 135 g/mol. The Hall–Kier alpha value is -1.05. The van der Waals surface area contributed by atoms with E-state index in [1.165, 1.54) is 5.57 Å². The standard InChI is InChI=1S/C8H9NO/c10-8-7-4-2-1-3-6(7)5-9-8/h2-4,7H,1,5H2,(H,9,10). The number of hydrogen-bond acceptors (Lipinski definition) is 1. The Morgan fingerprint density at radius 2 is 2.50 bits per heavy atom. The van der Waals surface area contributed by atoms with Crippen molar-refractivity contribution in [3.63, 3.8) is 0 Å². The lowest BCUT2D eigenvalue weighted by Crippen LogP contribution is -2.17. The molecule has 1 aliphatic heterocycles. The topological polar surface area (TPSA) is 29.1 Å². The Labute approximate surface area is 59.6 Å². The molecule has 1 saturated heterocycles. The van der Waals surface area contributed by atoms with Crippen molar-refractivity contribution < 1.29 is 4.79 Å². The molecule has 0 spiro atoms. The maximum atomic E-state index is 11.0. The molecule has 52 valence electrons. The summed E-state index contributed by atoms with van der Waals surface area (Å²) in [4.78, 5) is 11.0. The van der Waals surface area contributed by atoms with E-state index < -0.39 is 0 Å². The van der Waals surface area contributed by atoms with Gasteiger partial charge in [-0.25, -0.2) is 0 Å². The fourth-order valence-corrected chi connectivity index (χ4v) is 1.42. The lowest BCUT2D eigenvalue weighted by molar-refractivity contribution is -0.120. The van der Waals surface area contributed by atoms with E-state index >= 15 is 0 Å². The van der Waals surface area contributed by atoms with Crippen LogP contribution in [0.25, 0.3) is 0 Å². The molecule has 10 heavy (non-hydrogen) atoms. The summed E-state index contributed by atoms with van der Waals surface area (Å²) in [6.07, 6.45) is 7.14. The number of allylic oxidation sites excluding steroid dienone is 2. The van der Waals surface area contributed by atoms with E-state index in [1.807, 2.05) is 12.2 Å². The Bertz CT molecular complexity index is 227. The molecule has 1 fully saturated rings. The van der Waals surface area contributed by atoms with Crippen molar-refractivity contribution in [2.24, 2.45) is 5.92 Å². The number of nitrogens with one attached hydrogen (secondary N) is 1. The molecule has 0 aromatic carbocycles. The number of amides is 1. The van der Waals surface area contributed by atoms with Crippen LogP contribution in [0.1, 0.15) is 6.42 Å². The molecule has 1 N–H and O–H groups in total. The highest BCUT2D eigenvalue weighted by Gasteiger charge is 2.27. The Balaban J connectivity index is 2.32. The van der Waals surface area contributed by atoms with Crippen LogP contribution in [0.4, 0.5) is 0 Å². The SMILES string of the molecule is O=C1NCC2=CCC=CC12. The minimum Gasteiger partial charge on any atom is -0.352 e. The van der Waals surface area contributed by atoms with Gasteiger partial charge in [0.15, 0.2) is 0 Å². The first-order valence-corrected chi connectivity index (χ1v) is 3.51. The van der Waals surface area contributed by atoms with Crippen molar-refractivity contribution in [3.05, 3.63) is 23.8 Å². The van der Waals surface area contributed by atoms with E-state index in [4.69, 9.17) is 0 Å². The molecule has 1 heterocycles. The van der Waals surface area contributed by atoms with Crippen molar-refractivity contribution in [2.45, 2.75) is 6.42 Å². The molecule has 0 aromatic rings. The second kappa shape index (κ2) is 1.97. The summed E-state index contributed by atoms with van der Waals surface area (Å²) in [7, 11) is 0. The van der Waals surface area contributed by atoms with Gasteiger partial charge in [0.2, 0.25) is 5.91 Å². The fourth-order valence-electron chi connectivity index (χ4n) is 1.42. The maximum Gasteiger partial charge on any atom is 0.231 e. The molecule has 0 saturated carbocycles. The maximum absolute atomic E-state index is 11.0. The molecule has 0 aromatic heterocycles. The molecular weight excluding hydrogens is 126 g/mol. The largest absolute Gasteiger partial charge is 0.352 e. The first-order valence-electron chi connectivity index (χ1n) is 3.51. The van der Waals surface area contributed by atoms with Gasteiger partial charge in [0.05, 0.1) is 5.92 Å². The highest BCUT2D eigenvalue weighted by molar-refractivity contribution is 5.87. The lowest BCUT2D eigenvalue weighted by atomic mass is 9.96. The van der Waals surface area contributed by atoms with Crippen LogP contribution >= 0.6 is 0 Å². The average Bonchev–Trinajstić information content (AvgIpc) is 2.34. The molecule has 2 aliphatic rings. The zero-order valence-electron chi connectivity index (χ0n) is 5.63. The molecule has 1 unspecified atom stereocenters. The van der Waals surface area contributed by atoms with Gasteiger partial charge in [0.25, 0.3) is 0 Å². The Kier molecular flexibility index (Phi) is 1.13. The Morgan fingerprint density at radius 1 is 1.60 bits per heavy atom. The molecule has 2 nitrogen and oxygen atoms in total. The van der Waals surface area contributed by atoms with Crippen LogP contribution in [-0.2, 0) is 4.79 Å². The number of hydrogen-bond donors (Lipinski definition) is 1. The summed E-state index contributed by atoms with van der Waals surface area (Å²) in [6, 6.07) is 0. The Morgan fingerprint density at radius 3 is 3.30 bits per heavy atom. The quantitative estimate of drug-likeness (QED) is 0.485. The summed E-state index contributed by atoms with van der Waals surface area (Å²) < 4.78 is 0. The molecular formula is C8H9NO. The predicted molar refractivity (Wildman–Crippen MR) is 38.3 cm³/mol. The van der Waals surface area contributed by atoms with Gasteiger partial charge in [0, 0.05) is 6.54 Å². The third-order valence-corrected chi connectivity index (χ3v) is 1.99. The van der Waals surface area contributed by atoms with Gasteiger partial charge in [-0.1, -0.05) is 18.2 Å². The molecule has 0 radical (unpaired) electrons. The fraction of sp³-hybridized carbons (Fsp3) is 0.375. The van der Waals surface area contributed by atoms with E-state index in [9.17, 15) is 4.79 Å². The van der Waals surface area contributed by atoms with Crippen molar-refractivity contribution in [2.75, 3.05) is 6.54 Å².